The SMILES string of the molecule is FC(F)C(F)(F)C(Cl)c1sccc1Br. The van der Waals surface area contributed by atoms with Gasteiger partial charge in [0.2, 0.25) is 0 Å². The number of alkyl halides is 5. The van der Waals surface area contributed by atoms with Gasteiger partial charge in [-0.1, -0.05) is 0 Å². The van der Waals surface area contributed by atoms with E-state index in [1.807, 2.05) is 0 Å². The zero-order valence-electron chi connectivity index (χ0n) is 6.49. The van der Waals surface area contributed by atoms with Crippen LogP contribution in [0.5, 0.6) is 0 Å². The lowest BCUT2D eigenvalue weighted by Crippen LogP contribution is -2.31. The molecule has 7 heteroatoms. The van der Waals surface area contributed by atoms with Gasteiger partial charge in [-0.3, -0.25) is 0 Å². The summed E-state index contributed by atoms with van der Waals surface area (Å²) in [5.74, 6) is -4.21. The van der Waals surface area contributed by atoms with Crippen molar-refractivity contribution in [2.75, 3.05) is 0 Å². The van der Waals surface area contributed by atoms with Gasteiger partial charge in [-0.2, -0.15) is 8.78 Å². The fourth-order valence-electron chi connectivity index (χ4n) is 0.772. The van der Waals surface area contributed by atoms with Gasteiger partial charge in [0.15, 0.2) is 0 Å². The highest BCUT2D eigenvalue weighted by atomic mass is 79.9. The molecule has 14 heavy (non-hydrogen) atoms. The monoisotopic (exact) mass is 310 g/mol. The lowest BCUT2D eigenvalue weighted by atomic mass is 10.2. The zero-order chi connectivity index (χ0) is 10.9. The van der Waals surface area contributed by atoms with Crippen LogP contribution in [0.4, 0.5) is 17.6 Å². The molecule has 0 saturated carbocycles. The van der Waals surface area contributed by atoms with Gasteiger partial charge < -0.3 is 0 Å². The van der Waals surface area contributed by atoms with Gasteiger partial charge in [0.1, 0.15) is 5.38 Å². The summed E-state index contributed by atoms with van der Waals surface area (Å²) < 4.78 is 49.8. The second-order valence-corrected chi connectivity index (χ2v) is 4.71. The normalized spacial score (nSPS) is 14.8. The lowest BCUT2D eigenvalue weighted by Gasteiger charge is -2.20. The maximum Gasteiger partial charge on any atom is 0.328 e. The van der Waals surface area contributed by atoms with Crippen LogP contribution in [0.2, 0.25) is 0 Å². The van der Waals surface area contributed by atoms with Crippen molar-refractivity contribution in [2.24, 2.45) is 0 Å². The van der Waals surface area contributed by atoms with Crippen molar-refractivity contribution in [2.45, 2.75) is 17.7 Å². The first-order chi connectivity index (χ1) is 6.37. The summed E-state index contributed by atoms with van der Waals surface area (Å²) in [6.07, 6.45) is -3.76. The molecule has 0 aliphatic rings. The summed E-state index contributed by atoms with van der Waals surface area (Å²) in [5.41, 5.74) is 0. The molecule has 0 saturated heterocycles. The third kappa shape index (κ3) is 2.23. The van der Waals surface area contributed by atoms with E-state index in [1.54, 1.807) is 0 Å². The Labute approximate surface area is 95.0 Å². The standard InChI is InChI=1S/C7H4BrClF4S/c8-3-1-2-14-4(3)5(9)7(12,13)6(10)11/h1-2,5-6H. The molecule has 0 amide bonds. The van der Waals surface area contributed by atoms with Crippen LogP contribution in [0.25, 0.3) is 0 Å². The predicted molar refractivity (Wildman–Crippen MR) is 51.6 cm³/mol. The summed E-state index contributed by atoms with van der Waals surface area (Å²) in [6, 6.07) is 1.48. The van der Waals surface area contributed by atoms with Crippen LogP contribution in [-0.4, -0.2) is 12.3 Å². The van der Waals surface area contributed by atoms with E-state index in [9.17, 15) is 17.6 Å². The van der Waals surface area contributed by atoms with Crippen molar-refractivity contribution in [1.29, 1.82) is 0 Å². The minimum absolute atomic E-state index is 0.0111. The van der Waals surface area contributed by atoms with Crippen molar-refractivity contribution < 1.29 is 17.6 Å². The Morgan fingerprint density at radius 1 is 1.43 bits per heavy atom. The van der Waals surface area contributed by atoms with Gasteiger partial charge in [0.25, 0.3) is 0 Å². The largest absolute Gasteiger partial charge is 0.328 e. The van der Waals surface area contributed by atoms with Gasteiger partial charge in [0.05, 0.1) is 0 Å². The molecular formula is C7H4BrClF4S. The van der Waals surface area contributed by atoms with E-state index in [4.69, 9.17) is 11.6 Å². The Bertz CT molecular complexity index is 314. The molecule has 1 unspecified atom stereocenters. The summed E-state index contributed by atoms with van der Waals surface area (Å²) >= 11 is 9.16. The number of thiophene rings is 1. The fourth-order valence-corrected chi connectivity index (χ4v) is 2.89. The average Bonchev–Trinajstić information content (AvgIpc) is 2.49. The maximum atomic E-state index is 12.8. The van der Waals surface area contributed by atoms with Crippen molar-refractivity contribution in [3.63, 3.8) is 0 Å². The molecule has 0 spiro atoms. The molecule has 1 aromatic rings. The third-order valence-electron chi connectivity index (χ3n) is 1.50. The third-order valence-corrected chi connectivity index (χ3v) is 4.08. The Morgan fingerprint density at radius 2 is 2.00 bits per heavy atom. The van der Waals surface area contributed by atoms with Crippen LogP contribution in [0.15, 0.2) is 15.9 Å². The van der Waals surface area contributed by atoms with Crippen molar-refractivity contribution in [1.82, 2.24) is 0 Å². The molecular weight excluding hydrogens is 307 g/mol. The molecule has 0 radical (unpaired) electrons. The van der Waals surface area contributed by atoms with Gasteiger partial charge >= 0.3 is 12.3 Å². The molecule has 1 atom stereocenters. The van der Waals surface area contributed by atoms with E-state index in [0.717, 1.165) is 11.3 Å². The van der Waals surface area contributed by atoms with E-state index in [2.05, 4.69) is 15.9 Å². The summed E-state index contributed by atoms with van der Waals surface area (Å²) in [5, 5.41) is -0.507. The molecule has 1 aromatic heterocycles. The Hall–Kier alpha value is 0.190. The number of hydrogen-bond donors (Lipinski definition) is 0. The first kappa shape index (κ1) is 12.3. The highest BCUT2D eigenvalue weighted by Crippen LogP contribution is 2.45. The quantitative estimate of drug-likeness (QED) is 0.561. The molecule has 1 heterocycles. The maximum absolute atomic E-state index is 12.8. The van der Waals surface area contributed by atoms with Gasteiger partial charge in [-0.05, 0) is 27.4 Å². The highest BCUT2D eigenvalue weighted by Gasteiger charge is 2.49. The molecule has 0 aliphatic heterocycles. The van der Waals surface area contributed by atoms with Gasteiger partial charge in [-0.25, -0.2) is 8.78 Å². The topological polar surface area (TPSA) is 0 Å². The van der Waals surface area contributed by atoms with E-state index in [0.29, 0.717) is 4.47 Å². The highest BCUT2D eigenvalue weighted by molar-refractivity contribution is 9.10. The Balaban J connectivity index is 2.96. The summed E-state index contributed by atoms with van der Waals surface area (Å²) in [6.45, 7) is 0. The molecule has 0 aliphatic carbocycles. The van der Waals surface area contributed by atoms with E-state index >= 15 is 0 Å². The number of halogens is 6. The molecule has 1 rings (SSSR count). The molecule has 80 valence electrons. The van der Waals surface area contributed by atoms with E-state index in [1.165, 1.54) is 11.4 Å². The fraction of sp³-hybridized carbons (Fsp3) is 0.429. The molecule has 0 N–H and O–H groups in total. The van der Waals surface area contributed by atoms with E-state index in [-0.39, 0.29) is 4.88 Å². The molecule has 0 aromatic carbocycles. The smallest absolute Gasteiger partial charge is 0.204 e. The summed E-state index contributed by atoms with van der Waals surface area (Å²) in [4.78, 5) is 0.0111. The van der Waals surface area contributed by atoms with Crippen LogP contribution in [0.3, 0.4) is 0 Å². The molecule has 0 bridgehead atoms. The molecule has 0 fully saturated rings. The number of hydrogen-bond acceptors (Lipinski definition) is 1. The average molecular weight is 312 g/mol. The second-order valence-electron chi connectivity index (χ2n) is 2.47. The van der Waals surface area contributed by atoms with E-state index < -0.39 is 17.7 Å². The minimum atomic E-state index is -4.21. The Morgan fingerprint density at radius 3 is 2.36 bits per heavy atom. The molecule has 0 nitrogen and oxygen atoms in total. The lowest BCUT2D eigenvalue weighted by molar-refractivity contribution is -0.130. The van der Waals surface area contributed by atoms with Crippen LogP contribution < -0.4 is 0 Å². The summed E-state index contributed by atoms with van der Waals surface area (Å²) in [7, 11) is 0. The zero-order valence-corrected chi connectivity index (χ0v) is 9.64. The van der Waals surface area contributed by atoms with Crippen molar-refractivity contribution in [3.05, 3.63) is 20.8 Å². The first-order valence-electron chi connectivity index (χ1n) is 3.40. The van der Waals surface area contributed by atoms with Gasteiger partial charge in [0, 0.05) is 9.35 Å². The van der Waals surface area contributed by atoms with Crippen LogP contribution in [0, 0.1) is 0 Å². The van der Waals surface area contributed by atoms with Gasteiger partial charge in [-0.15, -0.1) is 22.9 Å². The van der Waals surface area contributed by atoms with Crippen molar-refractivity contribution in [3.8, 4) is 0 Å². The van der Waals surface area contributed by atoms with Crippen molar-refractivity contribution >= 4 is 38.9 Å². The van der Waals surface area contributed by atoms with Crippen LogP contribution in [-0.2, 0) is 0 Å². The second kappa shape index (κ2) is 4.37. The minimum Gasteiger partial charge on any atom is -0.204 e. The first-order valence-corrected chi connectivity index (χ1v) is 5.51. The van der Waals surface area contributed by atoms with Crippen LogP contribution >= 0.6 is 38.9 Å². The Kier molecular flexibility index (Phi) is 3.82. The van der Waals surface area contributed by atoms with Crippen LogP contribution in [0.1, 0.15) is 10.3 Å². The predicted octanol–water partition coefficient (Wildman–Crippen LogP) is 4.69. The number of rotatable bonds is 3.